The second-order valence-electron chi connectivity index (χ2n) is 5.65. The Morgan fingerprint density at radius 1 is 1.12 bits per heavy atom. The Labute approximate surface area is 155 Å². The van der Waals surface area contributed by atoms with Gasteiger partial charge in [-0.2, -0.15) is 0 Å². The van der Waals surface area contributed by atoms with E-state index in [4.69, 9.17) is 16.3 Å². The maximum absolute atomic E-state index is 12.4. The zero-order valence-corrected chi connectivity index (χ0v) is 14.9. The third kappa shape index (κ3) is 3.41. The molecule has 2 aromatic carbocycles. The quantitative estimate of drug-likeness (QED) is 0.789. The van der Waals surface area contributed by atoms with Crippen molar-refractivity contribution < 1.29 is 19.1 Å². The van der Waals surface area contributed by atoms with Crippen molar-refractivity contribution in [2.45, 2.75) is 13.3 Å². The molecule has 1 aliphatic heterocycles. The SMILES string of the molecule is CCOc1ccccc1NC(=O)CCN1C(=O)c2cccc(Cl)c2C1=O. The zero-order chi connectivity index (χ0) is 18.7. The molecular weight excluding hydrogens is 356 g/mol. The molecule has 0 atom stereocenters. The predicted molar refractivity (Wildman–Crippen MR) is 97.7 cm³/mol. The molecule has 0 bridgehead atoms. The Kier molecular flexibility index (Phi) is 5.23. The van der Waals surface area contributed by atoms with E-state index in [1.54, 1.807) is 36.4 Å². The molecule has 0 saturated carbocycles. The van der Waals surface area contributed by atoms with E-state index in [-0.39, 0.29) is 35.0 Å². The van der Waals surface area contributed by atoms with Gasteiger partial charge < -0.3 is 10.1 Å². The van der Waals surface area contributed by atoms with Crippen LogP contribution in [0.15, 0.2) is 42.5 Å². The molecule has 0 spiro atoms. The van der Waals surface area contributed by atoms with Crippen LogP contribution in [0, 0.1) is 0 Å². The molecule has 3 amide bonds. The second-order valence-corrected chi connectivity index (χ2v) is 6.06. The van der Waals surface area contributed by atoms with Crippen molar-refractivity contribution in [3.8, 4) is 5.75 Å². The van der Waals surface area contributed by atoms with Crippen LogP contribution >= 0.6 is 11.6 Å². The molecule has 26 heavy (non-hydrogen) atoms. The average Bonchev–Trinajstić information content (AvgIpc) is 2.87. The van der Waals surface area contributed by atoms with E-state index >= 15 is 0 Å². The van der Waals surface area contributed by atoms with Gasteiger partial charge in [-0.3, -0.25) is 19.3 Å². The number of ether oxygens (including phenoxy) is 1. The summed E-state index contributed by atoms with van der Waals surface area (Å²) in [7, 11) is 0. The number of para-hydroxylation sites is 2. The minimum absolute atomic E-state index is 0.0225. The number of halogens is 1. The Balaban J connectivity index is 1.65. The lowest BCUT2D eigenvalue weighted by atomic mass is 10.1. The van der Waals surface area contributed by atoms with Crippen molar-refractivity contribution >= 4 is 35.0 Å². The summed E-state index contributed by atoms with van der Waals surface area (Å²) >= 11 is 6.02. The molecular formula is C19H17ClN2O4. The number of amides is 3. The average molecular weight is 373 g/mol. The molecule has 0 fully saturated rings. The molecule has 0 radical (unpaired) electrons. The maximum Gasteiger partial charge on any atom is 0.263 e. The van der Waals surface area contributed by atoms with Crippen LogP contribution < -0.4 is 10.1 Å². The van der Waals surface area contributed by atoms with Crippen molar-refractivity contribution in [1.82, 2.24) is 4.90 Å². The Bertz CT molecular complexity index is 882. The van der Waals surface area contributed by atoms with Crippen LogP contribution in [0.1, 0.15) is 34.1 Å². The highest BCUT2D eigenvalue weighted by Crippen LogP contribution is 2.29. The summed E-state index contributed by atoms with van der Waals surface area (Å²) in [5.74, 6) is -0.663. The summed E-state index contributed by atoms with van der Waals surface area (Å²) in [6.45, 7) is 2.31. The van der Waals surface area contributed by atoms with Gasteiger partial charge in [0.2, 0.25) is 5.91 Å². The highest BCUT2D eigenvalue weighted by Gasteiger charge is 2.37. The van der Waals surface area contributed by atoms with Crippen LogP contribution in [-0.4, -0.2) is 35.8 Å². The van der Waals surface area contributed by atoms with Gasteiger partial charge in [-0.05, 0) is 31.2 Å². The van der Waals surface area contributed by atoms with Crippen molar-refractivity contribution in [2.75, 3.05) is 18.5 Å². The van der Waals surface area contributed by atoms with Crippen LogP contribution in [0.4, 0.5) is 5.69 Å². The molecule has 0 aromatic heterocycles. The number of hydrogen-bond acceptors (Lipinski definition) is 4. The first-order chi connectivity index (χ1) is 12.5. The summed E-state index contributed by atoms with van der Waals surface area (Å²) in [4.78, 5) is 38.1. The molecule has 1 heterocycles. The third-order valence-electron chi connectivity index (χ3n) is 3.97. The van der Waals surface area contributed by atoms with Gasteiger partial charge in [0.1, 0.15) is 5.75 Å². The number of rotatable bonds is 6. The summed E-state index contributed by atoms with van der Waals surface area (Å²) in [5.41, 5.74) is 1.01. The van der Waals surface area contributed by atoms with Crippen molar-refractivity contribution in [1.29, 1.82) is 0 Å². The fourth-order valence-electron chi connectivity index (χ4n) is 2.77. The highest BCUT2D eigenvalue weighted by atomic mass is 35.5. The monoisotopic (exact) mass is 372 g/mol. The summed E-state index contributed by atoms with van der Waals surface area (Å²) in [6.07, 6.45) is -0.0243. The Morgan fingerprint density at radius 2 is 1.88 bits per heavy atom. The van der Waals surface area contributed by atoms with E-state index in [1.807, 2.05) is 13.0 Å². The smallest absolute Gasteiger partial charge is 0.263 e. The van der Waals surface area contributed by atoms with Crippen molar-refractivity contribution in [2.24, 2.45) is 0 Å². The molecule has 0 aliphatic carbocycles. The molecule has 0 unspecified atom stereocenters. The van der Waals surface area contributed by atoms with Crippen LogP contribution in [0.25, 0.3) is 0 Å². The van der Waals surface area contributed by atoms with Gasteiger partial charge in [-0.25, -0.2) is 0 Å². The van der Waals surface area contributed by atoms with Gasteiger partial charge in [0.15, 0.2) is 0 Å². The lowest BCUT2D eigenvalue weighted by Gasteiger charge is -2.14. The second kappa shape index (κ2) is 7.58. The molecule has 134 valence electrons. The van der Waals surface area contributed by atoms with Gasteiger partial charge >= 0.3 is 0 Å². The number of fused-ring (bicyclic) bond motifs is 1. The molecule has 1 N–H and O–H groups in total. The standard InChI is InChI=1S/C19H17ClN2O4/c1-2-26-15-9-4-3-8-14(15)21-16(23)10-11-22-18(24)12-6-5-7-13(20)17(12)19(22)25/h3-9H,2,10-11H2,1H3,(H,21,23). The maximum atomic E-state index is 12.4. The number of nitrogens with zero attached hydrogens (tertiary/aromatic N) is 1. The lowest BCUT2D eigenvalue weighted by Crippen LogP contribution is -2.33. The minimum atomic E-state index is -0.474. The molecule has 0 saturated heterocycles. The van der Waals surface area contributed by atoms with Crippen LogP contribution in [0.5, 0.6) is 5.75 Å². The fraction of sp³-hybridized carbons (Fsp3) is 0.211. The van der Waals surface area contributed by atoms with E-state index in [9.17, 15) is 14.4 Å². The summed E-state index contributed by atoms with van der Waals surface area (Å²) in [6, 6.07) is 11.8. The van der Waals surface area contributed by atoms with Gasteiger partial charge in [-0.1, -0.05) is 29.8 Å². The molecule has 3 rings (SSSR count). The van der Waals surface area contributed by atoms with Crippen LogP contribution in [-0.2, 0) is 4.79 Å². The van der Waals surface area contributed by atoms with E-state index < -0.39 is 11.8 Å². The van der Waals surface area contributed by atoms with E-state index in [0.29, 0.717) is 18.0 Å². The minimum Gasteiger partial charge on any atom is -0.492 e. The summed E-state index contributed by atoms with van der Waals surface area (Å²) in [5, 5.41) is 2.98. The van der Waals surface area contributed by atoms with Gasteiger partial charge in [0.25, 0.3) is 11.8 Å². The number of anilines is 1. The first-order valence-electron chi connectivity index (χ1n) is 8.19. The topological polar surface area (TPSA) is 75.7 Å². The van der Waals surface area contributed by atoms with E-state index in [1.165, 1.54) is 0 Å². The lowest BCUT2D eigenvalue weighted by molar-refractivity contribution is -0.116. The Hall–Kier alpha value is -2.86. The van der Waals surface area contributed by atoms with Crippen LogP contribution in [0.3, 0.4) is 0 Å². The first-order valence-corrected chi connectivity index (χ1v) is 8.57. The van der Waals surface area contributed by atoms with Crippen molar-refractivity contribution in [3.05, 3.63) is 58.6 Å². The normalized spacial score (nSPS) is 12.9. The van der Waals surface area contributed by atoms with Crippen molar-refractivity contribution in [3.63, 3.8) is 0 Å². The first kappa shape index (κ1) is 17.9. The van der Waals surface area contributed by atoms with Gasteiger partial charge in [0, 0.05) is 13.0 Å². The van der Waals surface area contributed by atoms with E-state index in [2.05, 4.69) is 5.32 Å². The zero-order valence-electron chi connectivity index (χ0n) is 14.1. The van der Waals surface area contributed by atoms with Crippen LogP contribution in [0.2, 0.25) is 5.02 Å². The summed E-state index contributed by atoms with van der Waals surface area (Å²) < 4.78 is 5.46. The number of imide groups is 1. The number of carbonyl (C=O) groups is 3. The molecule has 1 aliphatic rings. The predicted octanol–water partition coefficient (Wildman–Crippen LogP) is 3.36. The third-order valence-corrected chi connectivity index (χ3v) is 4.29. The molecule has 7 heteroatoms. The molecule has 2 aromatic rings. The number of benzene rings is 2. The fourth-order valence-corrected chi connectivity index (χ4v) is 3.03. The Morgan fingerprint density at radius 3 is 2.62 bits per heavy atom. The number of nitrogens with one attached hydrogen (secondary N) is 1. The number of hydrogen-bond donors (Lipinski definition) is 1. The highest BCUT2D eigenvalue weighted by molar-refractivity contribution is 6.37. The number of carbonyl (C=O) groups excluding carboxylic acids is 3. The van der Waals surface area contributed by atoms with E-state index in [0.717, 1.165) is 4.90 Å². The largest absolute Gasteiger partial charge is 0.492 e. The molecule has 6 nitrogen and oxygen atoms in total. The van der Waals surface area contributed by atoms with Gasteiger partial charge in [-0.15, -0.1) is 0 Å². The van der Waals surface area contributed by atoms with Gasteiger partial charge in [0.05, 0.1) is 28.4 Å².